The number of aromatic nitrogens is 3. The van der Waals surface area contributed by atoms with Gasteiger partial charge >= 0.3 is 0 Å². The van der Waals surface area contributed by atoms with E-state index in [0.717, 1.165) is 24.1 Å². The molecule has 1 fully saturated rings. The number of hydrogen-bond donors (Lipinski definition) is 2. The highest BCUT2D eigenvalue weighted by molar-refractivity contribution is 7.79. The van der Waals surface area contributed by atoms with Crippen molar-refractivity contribution in [1.82, 2.24) is 15.0 Å². The van der Waals surface area contributed by atoms with Gasteiger partial charge in [0.15, 0.2) is 16.9 Å². The first-order chi connectivity index (χ1) is 16.1. The van der Waals surface area contributed by atoms with Crippen LogP contribution >= 0.6 is 0 Å². The van der Waals surface area contributed by atoms with Gasteiger partial charge in [-0.3, -0.25) is 0 Å². The predicted octanol–water partition coefficient (Wildman–Crippen LogP) is 5.14. The molecule has 1 aromatic heterocycles. The number of aryl methyl sites for hydroxylation is 1. The third kappa shape index (κ3) is 6.79. The number of nitrogens with one attached hydrogen (secondary N) is 1. The van der Waals surface area contributed by atoms with Crippen molar-refractivity contribution in [2.45, 2.75) is 38.5 Å². The molecule has 0 amide bonds. The minimum absolute atomic E-state index is 0.174. The maximum Gasteiger partial charge on any atom is 0.230 e. The van der Waals surface area contributed by atoms with Crippen LogP contribution in [0, 0.1) is 11.7 Å². The van der Waals surface area contributed by atoms with Crippen LogP contribution in [0.3, 0.4) is 0 Å². The van der Waals surface area contributed by atoms with Gasteiger partial charge in [0.05, 0.1) is 17.9 Å². The van der Waals surface area contributed by atoms with Crippen molar-refractivity contribution >= 4 is 22.7 Å². The summed E-state index contributed by atoms with van der Waals surface area (Å²) in [5, 5.41) is 3.14. The zero-order chi connectivity index (χ0) is 23.0. The highest BCUT2D eigenvalue weighted by Crippen LogP contribution is 2.31. The molecule has 4 rings (SSSR count). The summed E-state index contributed by atoms with van der Waals surface area (Å²) >= 11 is -1.83. The summed E-state index contributed by atoms with van der Waals surface area (Å²) in [6.45, 7) is 0.554. The van der Waals surface area contributed by atoms with E-state index in [0.29, 0.717) is 42.0 Å². The zero-order valence-corrected chi connectivity index (χ0v) is 19.1. The van der Waals surface area contributed by atoms with Crippen LogP contribution in [0.5, 0.6) is 5.75 Å². The molecule has 0 aliphatic heterocycles. The molecule has 0 radical (unpaired) electrons. The summed E-state index contributed by atoms with van der Waals surface area (Å²) in [4.78, 5) is 13.0. The maximum absolute atomic E-state index is 14.0. The number of ether oxygens (including phenoxy) is 1. The van der Waals surface area contributed by atoms with Crippen molar-refractivity contribution in [2.24, 2.45) is 5.92 Å². The molecule has 0 spiro atoms. The Kier molecular flexibility index (Phi) is 7.96. The largest absolute Gasteiger partial charge is 0.492 e. The van der Waals surface area contributed by atoms with Crippen LogP contribution in [0.25, 0.3) is 11.4 Å². The van der Waals surface area contributed by atoms with E-state index in [1.165, 1.54) is 37.7 Å². The van der Waals surface area contributed by atoms with Gasteiger partial charge in [-0.25, -0.2) is 18.6 Å². The van der Waals surface area contributed by atoms with Gasteiger partial charge in [-0.2, -0.15) is 4.98 Å². The smallest absolute Gasteiger partial charge is 0.230 e. The molecule has 2 N–H and O–H groups in total. The van der Waals surface area contributed by atoms with E-state index in [1.54, 1.807) is 6.07 Å². The normalized spacial score (nSPS) is 15.2. The van der Waals surface area contributed by atoms with E-state index in [9.17, 15) is 8.60 Å². The molecule has 0 bridgehead atoms. The van der Waals surface area contributed by atoms with E-state index < -0.39 is 11.1 Å². The summed E-state index contributed by atoms with van der Waals surface area (Å²) in [5.41, 5.74) is 2.28. The van der Waals surface area contributed by atoms with Crippen LogP contribution in [0.4, 0.5) is 16.0 Å². The first-order valence-corrected chi connectivity index (χ1v) is 12.4. The zero-order valence-electron chi connectivity index (χ0n) is 18.2. The Bertz CT molecular complexity index is 1110. The molecule has 3 aromatic rings. The summed E-state index contributed by atoms with van der Waals surface area (Å²) in [5.74, 6) is 1.44. The molecule has 1 unspecified atom stereocenters. The van der Waals surface area contributed by atoms with Gasteiger partial charge in [0, 0.05) is 11.8 Å². The molecule has 0 saturated heterocycles. The minimum Gasteiger partial charge on any atom is -0.492 e. The highest BCUT2D eigenvalue weighted by Gasteiger charge is 2.17. The predicted molar refractivity (Wildman–Crippen MR) is 126 cm³/mol. The van der Waals surface area contributed by atoms with Crippen molar-refractivity contribution < 1.29 is 17.9 Å². The van der Waals surface area contributed by atoms with E-state index >= 15 is 0 Å². The second kappa shape index (κ2) is 11.3. The lowest BCUT2D eigenvalue weighted by molar-refractivity contribution is 0.209. The van der Waals surface area contributed by atoms with Crippen LogP contribution in [-0.2, 0) is 17.5 Å². The number of rotatable bonds is 9. The Balaban J connectivity index is 1.50. The number of nitrogens with zero attached hydrogens (tertiary/aromatic N) is 3. The quantitative estimate of drug-likeness (QED) is 0.418. The molecule has 9 heteroatoms. The van der Waals surface area contributed by atoms with Crippen LogP contribution in [-0.4, -0.2) is 36.1 Å². The summed E-state index contributed by atoms with van der Waals surface area (Å²) in [6.07, 6.45) is 7.86. The Morgan fingerprint density at radius 1 is 1.12 bits per heavy atom. The molecule has 33 heavy (non-hydrogen) atoms. The molecular formula is C24H27FN4O3S. The molecule has 1 heterocycles. The summed E-state index contributed by atoms with van der Waals surface area (Å²) in [7, 11) is 0. The van der Waals surface area contributed by atoms with Crippen LogP contribution in [0.1, 0.15) is 37.7 Å². The van der Waals surface area contributed by atoms with Crippen LogP contribution < -0.4 is 10.1 Å². The van der Waals surface area contributed by atoms with Crippen molar-refractivity contribution in [3.63, 3.8) is 0 Å². The highest BCUT2D eigenvalue weighted by atomic mass is 32.2. The Labute approximate surface area is 195 Å². The van der Waals surface area contributed by atoms with Crippen LogP contribution in [0.15, 0.2) is 48.8 Å². The number of hydrogen-bond acceptors (Lipinski definition) is 6. The fraction of sp³-hybridized carbons (Fsp3) is 0.375. The summed E-state index contributed by atoms with van der Waals surface area (Å²) < 4.78 is 39.9. The third-order valence-corrected chi connectivity index (χ3v) is 6.26. The molecule has 1 saturated carbocycles. The average Bonchev–Trinajstić information content (AvgIpc) is 2.82. The molecule has 1 atom stereocenters. The molecule has 2 aromatic carbocycles. The topological polar surface area (TPSA) is 97.2 Å². The lowest BCUT2D eigenvalue weighted by Gasteiger charge is -2.22. The Hall–Kier alpha value is -2.91. The lowest BCUT2D eigenvalue weighted by Crippen LogP contribution is -2.15. The van der Waals surface area contributed by atoms with Gasteiger partial charge < -0.3 is 14.6 Å². The second-order valence-electron chi connectivity index (χ2n) is 8.19. The summed E-state index contributed by atoms with van der Waals surface area (Å²) in [6, 6.07) is 11.9. The first-order valence-electron chi connectivity index (χ1n) is 11.1. The van der Waals surface area contributed by atoms with Gasteiger partial charge in [-0.15, -0.1) is 0 Å². The van der Waals surface area contributed by atoms with Crippen molar-refractivity contribution in [2.75, 3.05) is 17.7 Å². The van der Waals surface area contributed by atoms with Gasteiger partial charge in [-0.1, -0.05) is 31.4 Å². The number of halogens is 1. The molecule has 174 valence electrons. The number of benzene rings is 2. The monoisotopic (exact) mass is 470 g/mol. The van der Waals surface area contributed by atoms with E-state index in [2.05, 4.69) is 20.3 Å². The fourth-order valence-electron chi connectivity index (χ4n) is 3.99. The SMILES string of the molecule is O=S(O)CCc1cccc(Nc2ncnc(-c3ccc(F)cc3OCC3CCCCC3)n2)c1. The number of anilines is 2. The van der Waals surface area contributed by atoms with Gasteiger partial charge in [0.2, 0.25) is 5.95 Å². The van der Waals surface area contributed by atoms with Crippen molar-refractivity contribution in [1.29, 1.82) is 0 Å². The standard InChI is InChI=1S/C24H27FN4O3S/c25-19-9-10-21(22(14-19)32-15-18-5-2-1-3-6-18)23-26-16-27-24(29-23)28-20-8-4-7-17(13-20)11-12-33(30)31/h4,7-10,13-14,16,18H,1-3,5-6,11-12,15H2,(H,30,31)(H,26,27,28,29). The maximum atomic E-state index is 14.0. The van der Waals surface area contributed by atoms with E-state index in [1.807, 2.05) is 24.3 Å². The van der Waals surface area contributed by atoms with Crippen LogP contribution in [0.2, 0.25) is 0 Å². The van der Waals surface area contributed by atoms with Crippen molar-refractivity contribution in [3.05, 3.63) is 60.2 Å². The van der Waals surface area contributed by atoms with Crippen molar-refractivity contribution in [3.8, 4) is 17.1 Å². The van der Waals surface area contributed by atoms with E-state index in [-0.39, 0.29) is 11.6 Å². The minimum atomic E-state index is -1.83. The van der Waals surface area contributed by atoms with Gasteiger partial charge in [0.1, 0.15) is 17.9 Å². The molecule has 1 aliphatic rings. The average molecular weight is 471 g/mol. The third-order valence-electron chi connectivity index (χ3n) is 5.70. The molecule has 1 aliphatic carbocycles. The molecule has 7 nitrogen and oxygen atoms in total. The van der Waals surface area contributed by atoms with E-state index in [4.69, 9.17) is 9.29 Å². The molecular weight excluding hydrogens is 443 g/mol. The van der Waals surface area contributed by atoms with Gasteiger partial charge in [-0.05, 0) is 55.0 Å². The Morgan fingerprint density at radius 2 is 1.97 bits per heavy atom. The first kappa shape index (κ1) is 23.3. The Morgan fingerprint density at radius 3 is 2.79 bits per heavy atom. The second-order valence-corrected chi connectivity index (χ2v) is 9.24. The fourth-order valence-corrected chi connectivity index (χ4v) is 4.40. The van der Waals surface area contributed by atoms with Gasteiger partial charge in [0.25, 0.3) is 0 Å². The lowest BCUT2D eigenvalue weighted by atomic mass is 9.90.